The van der Waals surface area contributed by atoms with E-state index in [1.165, 1.54) is 23.7 Å². The number of pyridine rings is 1. The number of carbonyl (C=O) groups excluding carboxylic acids is 1. The molecular weight excluding hydrogens is 361 g/mol. The molecule has 0 atom stereocenters. The van der Waals surface area contributed by atoms with Crippen molar-refractivity contribution in [2.75, 3.05) is 0 Å². The summed E-state index contributed by atoms with van der Waals surface area (Å²) in [5.41, 5.74) is 0.887. The van der Waals surface area contributed by atoms with E-state index >= 15 is 0 Å². The van der Waals surface area contributed by atoms with E-state index in [9.17, 15) is 18.8 Å². The van der Waals surface area contributed by atoms with E-state index in [-0.39, 0.29) is 22.2 Å². The van der Waals surface area contributed by atoms with Gasteiger partial charge in [-0.05, 0) is 29.5 Å². The van der Waals surface area contributed by atoms with Gasteiger partial charge in [-0.25, -0.2) is 14.2 Å². The average Bonchev–Trinajstić information content (AvgIpc) is 2.63. The summed E-state index contributed by atoms with van der Waals surface area (Å²) in [4.78, 5) is 43.1. The molecule has 7 heteroatoms. The molecule has 0 spiro atoms. The minimum Gasteiger partial charge on any atom is -0.294 e. The van der Waals surface area contributed by atoms with Crippen molar-refractivity contribution in [3.63, 3.8) is 0 Å². The van der Waals surface area contributed by atoms with E-state index in [0.29, 0.717) is 35.2 Å². The second-order valence-corrected chi connectivity index (χ2v) is 8.16. The van der Waals surface area contributed by atoms with Crippen LogP contribution in [-0.4, -0.2) is 19.9 Å². The number of hydrogen-bond donors (Lipinski definition) is 0. The summed E-state index contributed by atoms with van der Waals surface area (Å²) in [6, 6.07) is 5.67. The molecule has 1 aromatic carbocycles. The highest BCUT2D eigenvalue weighted by molar-refractivity contribution is 6.10. The Morgan fingerprint density at radius 3 is 2.25 bits per heavy atom. The Balaban J connectivity index is 2.26. The Morgan fingerprint density at radius 2 is 1.61 bits per heavy atom. The first-order valence-corrected chi connectivity index (χ1v) is 9.02. The fourth-order valence-corrected chi connectivity index (χ4v) is 4.01. The maximum absolute atomic E-state index is 13.5. The maximum Gasteiger partial charge on any atom is 0.332 e. The zero-order chi connectivity index (χ0) is 20.4. The van der Waals surface area contributed by atoms with Crippen LogP contribution in [0.4, 0.5) is 4.39 Å². The first kappa shape index (κ1) is 18.3. The summed E-state index contributed by atoms with van der Waals surface area (Å²) < 4.78 is 15.8. The summed E-state index contributed by atoms with van der Waals surface area (Å²) in [7, 11) is 2.94. The molecule has 0 aliphatic heterocycles. The van der Waals surface area contributed by atoms with Crippen LogP contribution in [0.15, 0.2) is 33.9 Å². The number of rotatable bonds is 1. The minimum atomic E-state index is -0.523. The zero-order valence-corrected chi connectivity index (χ0v) is 16.2. The molecule has 0 unspecified atom stereocenters. The number of Topliss-reactive ketones (excluding diaryl/α,β-unsaturated/α-hetero) is 1. The van der Waals surface area contributed by atoms with Gasteiger partial charge in [0.05, 0.1) is 11.1 Å². The number of hydrogen-bond acceptors (Lipinski definition) is 4. The van der Waals surface area contributed by atoms with Crippen molar-refractivity contribution in [3.05, 3.63) is 62.2 Å². The Kier molecular flexibility index (Phi) is 3.89. The predicted molar refractivity (Wildman–Crippen MR) is 104 cm³/mol. The van der Waals surface area contributed by atoms with Crippen LogP contribution in [0.3, 0.4) is 0 Å². The van der Waals surface area contributed by atoms with Crippen molar-refractivity contribution < 1.29 is 9.18 Å². The monoisotopic (exact) mass is 381 g/mol. The van der Waals surface area contributed by atoms with Gasteiger partial charge in [0.2, 0.25) is 0 Å². The molecule has 0 bridgehead atoms. The number of nitrogens with zero attached hydrogens (tertiary/aromatic N) is 3. The first-order chi connectivity index (χ1) is 13.1. The van der Waals surface area contributed by atoms with Crippen LogP contribution in [0.2, 0.25) is 0 Å². The Hall–Kier alpha value is -3.09. The summed E-state index contributed by atoms with van der Waals surface area (Å²) in [6.07, 6.45) is 0.870. The van der Waals surface area contributed by atoms with Gasteiger partial charge >= 0.3 is 5.69 Å². The Morgan fingerprint density at radius 1 is 0.964 bits per heavy atom. The number of aryl methyl sites for hydroxylation is 1. The highest BCUT2D eigenvalue weighted by Crippen LogP contribution is 2.40. The fourth-order valence-electron chi connectivity index (χ4n) is 4.01. The lowest BCUT2D eigenvalue weighted by Crippen LogP contribution is -2.38. The van der Waals surface area contributed by atoms with Gasteiger partial charge in [-0.2, -0.15) is 0 Å². The van der Waals surface area contributed by atoms with Crippen molar-refractivity contribution in [1.82, 2.24) is 14.1 Å². The lowest BCUT2D eigenvalue weighted by molar-refractivity contribution is 0.0911. The smallest absolute Gasteiger partial charge is 0.294 e. The van der Waals surface area contributed by atoms with Gasteiger partial charge < -0.3 is 0 Å². The van der Waals surface area contributed by atoms with E-state index in [1.54, 1.807) is 19.2 Å². The molecule has 2 aromatic heterocycles. The van der Waals surface area contributed by atoms with Crippen molar-refractivity contribution >= 4 is 16.8 Å². The third-order valence-corrected chi connectivity index (χ3v) is 5.36. The summed E-state index contributed by atoms with van der Waals surface area (Å²) in [5.74, 6) is -0.514. The number of halogens is 1. The van der Waals surface area contributed by atoms with Crippen LogP contribution in [0.25, 0.3) is 22.2 Å². The SMILES string of the molecule is Cn1c(=O)c2c(-c3ccc(F)cc3)c3c(nc2n(C)c1=O)CC(C)(C)CC3=O. The molecule has 3 aromatic rings. The van der Waals surface area contributed by atoms with Crippen molar-refractivity contribution in [2.45, 2.75) is 26.7 Å². The summed E-state index contributed by atoms with van der Waals surface area (Å²) in [6.45, 7) is 3.97. The minimum absolute atomic E-state index is 0.101. The van der Waals surface area contributed by atoms with E-state index in [4.69, 9.17) is 0 Å². The molecule has 0 N–H and O–H groups in total. The molecule has 0 fully saturated rings. The topological polar surface area (TPSA) is 74.0 Å². The molecule has 4 rings (SSSR count). The molecular formula is C21H20FN3O3. The van der Waals surface area contributed by atoms with Crippen LogP contribution >= 0.6 is 0 Å². The standard InChI is InChI=1S/C21H20FN3O3/c1-21(2)9-13-16(14(26)10-21)15(11-5-7-12(22)8-6-11)17-18(23-13)24(3)20(28)25(4)19(17)27/h5-8H,9-10H2,1-4H3. The van der Waals surface area contributed by atoms with E-state index in [1.807, 2.05) is 13.8 Å². The van der Waals surface area contributed by atoms with Crippen LogP contribution in [0.1, 0.15) is 36.3 Å². The second-order valence-electron chi connectivity index (χ2n) is 8.16. The van der Waals surface area contributed by atoms with Gasteiger partial charge in [0.15, 0.2) is 5.78 Å². The molecule has 0 amide bonds. The summed E-state index contributed by atoms with van der Waals surface area (Å²) >= 11 is 0. The van der Waals surface area contributed by atoms with Crippen molar-refractivity contribution in [1.29, 1.82) is 0 Å². The number of carbonyl (C=O) groups is 1. The molecule has 0 radical (unpaired) electrons. The van der Waals surface area contributed by atoms with Crippen LogP contribution < -0.4 is 11.2 Å². The average molecular weight is 381 g/mol. The van der Waals surface area contributed by atoms with Crippen molar-refractivity contribution in [2.24, 2.45) is 19.5 Å². The lowest BCUT2D eigenvalue weighted by atomic mass is 9.73. The molecule has 28 heavy (non-hydrogen) atoms. The first-order valence-electron chi connectivity index (χ1n) is 9.02. The van der Waals surface area contributed by atoms with Gasteiger partial charge in [0, 0.05) is 31.6 Å². The molecule has 1 aliphatic rings. The van der Waals surface area contributed by atoms with Crippen LogP contribution in [0, 0.1) is 11.2 Å². The van der Waals surface area contributed by atoms with Crippen LogP contribution in [-0.2, 0) is 20.5 Å². The molecule has 0 saturated carbocycles. The number of fused-ring (bicyclic) bond motifs is 2. The lowest BCUT2D eigenvalue weighted by Gasteiger charge is -2.31. The summed E-state index contributed by atoms with van der Waals surface area (Å²) in [5, 5.41) is 0.197. The third kappa shape index (κ3) is 2.61. The second kappa shape index (κ2) is 5.95. The maximum atomic E-state index is 13.5. The largest absolute Gasteiger partial charge is 0.332 e. The zero-order valence-electron chi connectivity index (χ0n) is 16.2. The van der Waals surface area contributed by atoms with E-state index in [0.717, 1.165) is 4.57 Å². The Labute approximate surface area is 160 Å². The van der Waals surface area contributed by atoms with E-state index < -0.39 is 17.1 Å². The van der Waals surface area contributed by atoms with Gasteiger partial charge in [0.25, 0.3) is 5.56 Å². The van der Waals surface area contributed by atoms with E-state index in [2.05, 4.69) is 4.98 Å². The predicted octanol–water partition coefficient (Wildman–Crippen LogP) is 2.59. The van der Waals surface area contributed by atoms with Gasteiger partial charge in [-0.15, -0.1) is 0 Å². The molecule has 2 heterocycles. The quantitative estimate of drug-likeness (QED) is 0.649. The number of aromatic nitrogens is 3. The van der Waals surface area contributed by atoms with Gasteiger partial charge in [-0.3, -0.25) is 18.7 Å². The highest BCUT2D eigenvalue weighted by atomic mass is 19.1. The van der Waals surface area contributed by atoms with Gasteiger partial charge in [0.1, 0.15) is 11.5 Å². The highest BCUT2D eigenvalue weighted by Gasteiger charge is 2.36. The fraction of sp³-hybridized carbons (Fsp3) is 0.333. The normalized spacial score (nSPS) is 15.7. The number of ketones is 1. The molecule has 6 nitrogen and oxygen atoms in total. The molecule has 1 aliphatic carbocycles. The molecule has 0 saturated heterocycles. The third-order valence-electron chi connectivity index (χ3n) is 5.36. The molecule has 144 valence electrons. The van der Waals surface area contributed by atoms with Gasteiger partial charge in [-0.1, -0.05) is 26.0 Å². The number of benzene rings is 1. The Bertz CT molecular complexity index is 1270. The van der Waals surface area contributed by atoms with Crippen molar-refractivity contribution in [3.8, 4) is 11.1 Å². The van der Waals surface area contributed by atoms with Crippen LogP contribution in [0.5, 0.6) is 0 Å².